The Morgan fingerprint density at radius 3 is 2.67 bits per heavy atom. The van der Waals surface area contributed by atoms with E-state index in [0.717, 1.165) is 25.7 Å². The molecule has 3 aliphatic rings. The van der Waals surface area contributed by atoms with Crippen LogP contribution in [0.2, 0.25) is 0 Å². The fourth-order valence-electron chi connectivity index (χ4n) is 4.42. The summed E-state index contributed by atoms with van der Waals surface area (Å²) < 4.78 is 5.06. The zero-order chi connectivity index (χ0) is 17.3. The van der Waals surface area contributed by atoms with Crippen LogP contribution in [0.5, 0.6) is 0 Å². The van der Waals surface area contributed by atoms with Gasteiger partial charge in [0, 0.05) is 39.2 Å². The average Bonchev–Trinajstić information content (AvgIpc) is 3.25. The molecule has 2 atom stereocenters. The molecule has 2 saturated heterocycles. The van der Waals surface area contributed by atoms with Gasteiger partial charge in [0.1, 0.15) is 5.41 Å². The van der Waals surface area contributed by atoms with Gasteiger partial charge >= 0.3 is 5.97 Å². The molecule has 1 aliphatic carbocycles. The lowest BCUT2D eigenvalue weighted by Gasteiger charge is -2.26. The van der Waals surface area contributed by atoms with Gasteiger partial charge in [-0.3, -0.25) is 14.4 Å². The molecule has 3 fully saturated rings. The van der Waals surface area contributed by atoms with Gasteiger partial charge in [0.25, 0.3) is 0 Å². The molecule has 1 N–H and O–H groups in total. The molecule has 2 amide bonds. The topological polar surface area (TPSA) is 87.1 Å². The summed E-state index contributed by atoms with van der Waals surface area (Å²) in [4.78, 5) is 40.1. The van der Waals surface area contributed by atoms with Gasteiger partial charge in [-0.05, 0) is 19.3 Å². The minimum absolute atomic E-state index is 0.0702. The third kappa shape index (κ3) is 3.01. The maximum Gasteiger partial charge on any atom is 0.313 e. The van der Waals surface area contributed by atoms with Crippen LogP contribution >= 0.6 is 0 Å². The van der Waals surface area contributed by atoms with Crippen LogP contribution in [-0.2, 0) is 19.1 Å². The van der Waals surface area contributed by atoms with E-state index in [1.807, 2.05) is 4.90 Å². The van der Waals surface area contributed by atoms with Crippen LogP contribution in [0.15, 0.2) is 0 Å². The molecule has 134 valence electrons. The molecule has 0 aromatic rings. The molecule has 0 spiro atoms. The first-order chi connectivity index (χ1) is 11.5. The van der Waals surface area contributed by atoms with E-state index in [1.54, 1.807) is 4.90 Å². The standard InChI is InChI=1S/C17H26N2O5/c1-24-11-17(16(22)23)6-7-18(10-17)15(21)12-8-14(20)19(9-12)13-4-2-3-5-13/h12-13H,2-11H2,1H3,(H,22,23). The number of rotatable bonds is 5. The average molecular weight is 338 g/mol. The van der Waals surface area contributed by atoms with E-state index in [-0.39, 0.29) is 37.3 Å². The number of hydrogen-bond acceptors (Lipinski definition) is 4. The SMILES string of the molecule is COCC1(C(=O)O)CCN(C(=O)C2CC(=O)N(C3CCCC3)C2)C1. The lowest BCUT2D eigenvalue weighted by atomic mass is 9.88. The molecule has 0 aromatic carbocycles. The molecule has 0 aromatic heterocycles. The molecular formula is C17H26N2O5. The molecule has 2 unspecified atom stereocenters. The summed E-state index contributed by atoms with van der Waals surface area (Å²) >= 11 is 0. The highest BCUT2D eigenvalue weighted by molar-refractivity contribution is 5.90. The molecule has 3 rings (SSSR count). The normalized spacial score (nSPS) is 31.2. The van der Waals surface area contributed by atoms with Crippen molar-refractivity contribution in [2.24, 2.45) is 11.3 Å². The molecular weight excluding hydrogens is 312 g/mol. The Labute approximate surface area is 141 Å². The summed E-state index contributed by atoms with van der Waals surface area (Å²) in [5.74, 6) is -1.26. The van der Waals surface area contributed by atoms with Crippen molar-refractivity contribution in [2.45, 2.75) is 44.6 Å². The number of hydrogen-bond donors (Lipinski definition) is 1. The van der Waals surface area contributed by atoms with Crippen molar-refractivity contribution in [3.8, 4) is 0 Å². The van der Waals surface area contributed by atoms with Crippen molar-refractivity contribution >= 4 is 17.8 Å². The van der Waals surface area contributed by atoms with Gasteiger partial charge in [0.2, 0.25) is 11.8 Å². The molecule has 24 heavy (non-hydrogen) atoms. The maximum atomic E-state index is 12.8. The Bertz CT molecular complexity index is 531. The number of nitrogens with zero attached hydrogens (tertiary/aromatic N) is 2. The molecule has 0 bridgehead atoms. The lowest BCUT2D eigenvalue weighted by molar-refractivity contribution is -0.152. The number of carbonyl (C=O) groups is 3. The summed E-state index contributed by atoms with van der Waals surface area (Å²) in [6.07, 6.45) is 5.03. The van der Waals surface area contributed by atoms with Gasteiger partial charge in [0.15, 0.2) is 0 Å². The third-order valence-electron chi connectivity index (χ3n) is 5.81. The van der Waals surface area contributed by atoms with Gasteiger partial charge < -0.3 is 19.6 Å². The van der Waals surface area contributed by atoms with Crippen molar-refractivity contribution in [1.82, 2.24) is 9.80 Å². The number of ether oxygens (including phenoxy) is 1. The van der Waals surface area contributed by atoms with Crippen LogP contribution < -0.4 is 0 Å². The Kier molecular flexibility index (Phi) is 4.80. The van der Waals surface area contributed by atoms with Crippen LogP contribution in [0.1, 0.15) is 38.5 Å². The largest absolute Gasteiger partial charge is 0.481 e. The van der Waals surface area contributed by atoms with E-state index >= 15 is 0 Å². The van der Waals surface area contributed by atoms with Gasteiger partial charge in [-0.2, -0.15) is 0 Å². The third-order valence-corrected chi connectivity index (χ3v) is 5.81. The van der Waals surface area contributed by atoms with Crippen LogP contribution in [0, 0.1) is 11.3 Å². The van der Waals surface area contributed by atoms with Crippen molar-refractivity contribution in [2.75, 3.05) is 33.4 Å². The minimum Gasteiger partial charge on any atom is -0.481 e. The second kappa shape index (κ2) is 6.70. The van der Waals surface area contributed by atoms with Crippen LogP contribution in [0.25, 0.3) is 0 Å². The first-order valence-corrected chi connectivity index (χ1v) is 8.77. The molecule has 2 heterocycles. The summed E-state index contributed by atoms with van der Waals surface area (Å²) in [5.41, 5.74) is -1.02. The van der Waals surface area contributed by atoms with Crippen molar-refractivity contribution in [3.63, 3.8) is 0 Å². The zero-order valence-corrected chi connectivity index (χ0v) is 14.2. The van der Waals surface area contributed by atoms with Crippen LogP contribution in [0.3, 0.4) is 0 Å². The van der Waals surface area contributed by atoms with Crippen LogP contribution in [-0.4, -0.2) is 72.1 Å². The summed E-state index contributed by atoms with van der Waals surface area (Å²) in [7, 11) is 1.48. The number of carboxylic acids is 1. The fourth-order valence-corrected chi connectivity index (χ4v) is 4.42. The van der Waals surface area contributed by atoms with Gasteiger partial charge in [-0.1, -0.05) is 12.8 Å². The Morgan fingerprint density at radius 1 is 1.33 bits per heavy atom. The Balaban J connectivity index is 1.63. The Morgan fingerprint density at radius 2 is 2.04 bits per heavy atom. The number of carbonyl (C=O) groups excluding carboxylic acids is 2. The predicted octanol–water partition coefficient (Wildman–Crippen LogP) is 0.727. The van der Waals surface area contributed by atoms with Gasteiger partial charge in [-0.25, -0.2) is 0 Å². The van der Waals surface area contributed by atoms with E-state index in [4.69, 9.17) is 4.74 Å². The van der Waals surface area contributed by atoms with Crippen molar-refractivity contribution < 1.29 is 24.2 Å². The second-order valence-electron chi connectivity index (χ2n) is 7.41. The first-order valence-electron chi connectivity index (χ1n) is 8.77. The number of likely N-dealkylation sites (tertiary alicyclic amines) is 2. The number of amides is 2. The summed E-state index contributed by atoms with van der Waals surface area (Å²) in [5, 5.41) is 9.51. The van der Waals surface area contributed by atoms with E-state index in [9.17, 15) is 19.5 Å². The summed E-state index contributed by atoms with van der Waals surface area (Å²) in [6, 6.07) is 0.292. The number of aliphatic carboxylic acids is 1. The number of carboxylic acid groups (broad SMARTS) is 1. The van der Waals surface area contributed by atoms with Crippen molar-refractivity contribution in [3.05, 3.63) is 0 Å². The molecule has 7 nitrogen and oxygen atoms in total. The molecule has 1 saturated carbocycles. The first kappa shape index (κ1) is 17.2. The smallest absolute Gasteiger partial charge is 0.313 e. The monoisotopic (exact) mass is 338 g/mol. The summed E-state index contributed by atoms with van der Waals surface area (Å²) in [6.45, 7) is 1.18. The Hall–Kier alpha value is -1.63. The maximum absolute atomic E-state index is 12.8. The van der Waals surface area contributed by atoms with E-state index in [1.165, 1.54) is 7.11 Å². The van der Waals surface area contributed by atoms with Crippen LogP contribution in [0.4, 0.5) is 0 Å². The van der Waals surface area contributed by atoms with Gasteiger partial charge in [-0.15, -0.1) is 0 Å². The predicted molar refractivity (Wildman–Crippen MR) is 85.2 cm³/mol. The van der Waals surface area contributed by atoms with E-state index < -0.39 is 11.4 Å². The molecule has 7 heteroatoms. The quantitative estimate of drug-likeness (QED) is 0.798. The van der Waals surface area contributed by atoms with Crippen molar-refractivity contribution in [1.29, 1.82) is 0 Å². The lowest BCUT2D eigenvalue weighted by Crippen LogP contribution is -2.42. The minimum atomic E-state index is -1.02. The number of methoxy groups -OCH3 is 1. The highest BCUT2D eigenvalue weighted by atomic mass is 16.5. The highest BCUT2D eigenvalue weighted by Crippen LogP contribution is 2.35. The highest BCUT2D eigenvalue weighted by Gasteiger charge is 2.48. The van der Waals surface area contributed by atoms with E-state index in [2.05, 4.69) is 0 Å². The second-order valence-corrected chi connectivity index (χ2v) is 7.41. The van der Waals surface area contributed by atoms with Gasteiger partial charge in [0.05, 0.1) is 12.5 Å². The fraction of sp³-hybridized carbons (Fsp3) is 0.824. The molecule has 2 aliphatic heterocycles. The molecule has 0 radical (unpaired) electrons. The van der Waals surface area contributed by atoms with E-state index in [0.29, 0.717) is 25.6 Å². The zero-order valence-electron chi connectivity index (χ0n) is 14.2.